The molecule has 186 valence electrons. The lowest BCUT2D eigenvalue weighted by Crippen LogP contribution is -2.29. The Kier molecular flexibility index (Phi) is 7.12. The van der Waals surface area contributed by atoms with Gasteiger partial charge in [0, 0.05) is 11.3 Å². The molecule has 1 fully saturated rings. The molecule has 0 aromatic heterocycles. The first-order valence-corrected chi connectivity index (χ1v) is 12.0. The Labute approximate surface area is 218 Å². The maximum atomic E-state index is 13.6. The maximum absolute atomic E-state index is 13.6. The van der Waals surface area contributed by atoms with Crippen molar-refractivity contribution in [2.75, 3.05) is 12.0 Å². The minimum atomic E-state index is -1.02. The van der Waals surface area contributed by atoms with Crippen LogP contribution in [-0.2, 0) is 9.59 Å². The Morgan fingerprint density at radius 3 is 2.28 bits per heavy atom. The Balaban J connectivity index is 2.00. The summed E-state index contributed by atoms with van der Waals surface area (Å²) in [6.07, 6.45) is 0. The fourth-order valence-corrected chi connectivity index (χ4v) is 4.73. The van der Waals surface area contributed by atoms with E-state index in [1.54, 1.807) is 44.4 Å². The number of nitrogens with zero attached hydrogens (tertiary/aromatic N) is 1. The number of carbonyl (C=O) groups excluding carboxylic acids is 2. The van der Waals surface area contributed by atoms with Gasteiger partial charge in [0.25, 0.3) is 11.7 Å². The molecule has 0 bridgehead atoms. The van der Waals surface area contributed by atoms with Crippen molar-refractivity contribution in [2.24, 2.45) is 0 Å². The number of aryl methyl sites for hydroxylation is 1. The highest BCUT2D eigenvalue weighted by Crippen LogP contribution is 2.44. The van der Waals surface area contributed by atoms with Gasteiger partial charge in [-0.3, -0.25) is 14.5 Å². The van der Waals surface area contributed by atoms with E-state index >= 15 is 0 Å². The largest absolute Gasteiger partial charge is 0.507 e. The molecule has 4 rings (SSSR count). The van der Waals surface area contributed by atoms with Gasteiger partial charge >= 0.3 is 0 Å². The molecule has 1 unspecified atom stereocenters. The second-order valence-electron chi connectivity index (χ2n) is 8.88. The van der Waals surface area contributed by atoms with Crippen LogP contribution in [-0.4, -0.2) is 23.9 Å². The van der Waals surface area contributed by atoms with Gasteiger partial charge in [-0.1, -0.05) is 43.1 Å². The van der Waals surface area contributed by atoms with Crippen LogP contribution in [0.15, 0.2) is 60.2 Å². The number of rotatable bonds is 5. The summed E-state index contributed by atoms with van der Waals surface area (Å²) < 4.78 is 19.1. The lowest BCUT2D eigenvalue weighted by Gasteiger charge is -2.26. The molecule has 1 aliphatic heterocycles. The van der Waals surface area contributed by atoms with Gasteiger partial charge < -0.3 is 9.84 Å². The molecule has 1 aliphatic rings. The molecule has 1 N–H and O–H groups in total. The molecule has 0 spiro atoms. The summed E-state index contributed by atoms with van der Waals surface area (Å²) in [4.78, 5) is 27.9. The van der Waals surface area contributed by atoms with Gasteiger partial charge in [0.05, 0.1) is 28.8 Å². The standard InChI is InChI=1S/C28H24Cl2FNO4/c1-14(2)19-13-20(15(3)11-23(19)36-4)26(33)24-25(16-5-10-21(29)22(30)12-16)32(28(35)27(24)34)18-8-6-17(31)7-9-18/h5-14,25,33H,1-4H3/b26-24+. The van der Waals surface area contributed by atoms with Gasteiger partial charge in [0.2, 0.25) is 0 Å². The van der Waals surface area contributed by atoms with Crippen LogP contribution in [0.1, 0.15) is 48.1 Å². The molecule has 5 nitrogen and oxygen atoms in total. The van der Waals surface area contributed by atoms with Crippen molar-refractivity contribution in [1.82, 2.24) is 0 Å². The second-order valence-corrected chi connectivity index (χ2v) is 9.70. The van der Waals surface area contributed by atoms with Crippen molar-refractivity contribution >= 4 is 46.3 Å². The predicted octanol–water partition coefficient (Wildman–Crippen LogP) is 7.20. The minimum absolute atomic E-state index is 0.0691. The molecule has 1 heterocycles. The molecule has 0 saturated carbocycles. The number of hydrogen-bond donors (Lipinski definition) is 1. The summed E-state index contributed by atoms with van der Waals surface area (Å²) in [7, 11) is 1.57. The van der Waals surface area contributed by atoms with E-state index in [4.69, 9.17) is 27.9 Å². The van der Waals surface area contributed by atoms with E-state index in [1.165, 1.54) is 29.2 Å². The third kappa shape index (κ3) is 4.47. The van der Waals surface area contributed by atoms with E-state index in [0.29, 0.717) is 33.1 Å². The van der Waals surface area contributed by atoms with E-state index < -0.39 is 23.5 Å². The summed E-state index contributed by atoms with van der Waals surface area (Å²) >= 11 is 12.4. The molecule has 0 aliphatic carbocycles. The van der Waals surface area contributed by atoms with Crippen molar-refractivity contribution in [3.05, 3.63) is 98.3 Å². The average Bonchev–Trinajstić information content (AvgIpc) is 3.11. The Morgan fingerprint density at radius 2 is 1.69 bits per heavy atom. The number of methoxy groups -OCH3 is 1. The molecule has 3 aromatic carbocycles. The summed E-state index contributed by atoms with van der Waals surface area (Å²) in [5, 5.41) is 12.1. The number of aliphatic hydroxyl groups excluding tert-OH is 1. The van der Waals surface area contributed by atoms with E-state index in [9.17, 15) is 19.1 Å². The van der Waals surface area contributed by atoms with E-state index in [2.05, 4.69) is 0 Å². The Hall–Kier alpha value is -3.35. The Morgan fingerprint density at radius 1 is 1.03 bits per heavy atom. The van der Waals surface area contributed by atoms with Crippen LogP contribution in [0.4, 0.5) is 10.1 Å². The third-order valence-corrected chi connectivity index (χ3v) is 7.00. The molecule has 0 radical (unpaired) electrons. The van der Waals surface area contributed by atoms with E-state index in [1.807, 2.05) is 13.8 Å². The SMILES string of the molecule is COc1cc(C)c(/C(O)=C2\C(=O)C(=O)N(c3ccc(F)cc3)C2c2ccc(Cl)c(Cl)c2)cc1C(C)C. The van der Waals surface area contributed by atoms with Gasteiger partial charge in [-0.05, 0) is 78.1 Å². The third-order valence-electron chi connectivity index (χ3n) is 6.26. The number of anilines is 1. The first kappa shape index (κ1) is 25.7. The fourth-order valence-electron chi connectivity index (χ4n) is 4.42. The lowest BCUT2D eigenvalue weighted by atomic mass is 9.91. The topological polar surface area (TPSA) is 66.8 Å². The normalized spacial score (nSPS) is 17.2. The van der Waals surface area contributed by atoms with Crippen LogP contribution < -0.4 is 9.64 Å². The molecule has 3 aromatic rings. The first-order valence-electron chi connectivity index (χ1n) is 11.3. The quantitative estimate of drug-likeness (QED) is 0.216. The van der Waals surface area contributed by atoms with Crippen LogP contribution in [0.25, 0.3) is 5.76 Å². The summed E-state index contributed by atoms with van der Waals surface area (Å²) in [5.41, 5.74) is 2.55. The lowest BCUT2D eigenvalue weighted by molar-refractivity contribution is -0.132. The number of benzene rings is 3. The molecular formula is C28H24Cl2FNO4. The van der Waals surface area contributed by atoms with E-state index in [-0.39, 0.29) is 22.3 Å². The van der Waals surface area contributed by atoms with Crippen LogP contribution >= 0.6 is 23.2 Å². The van der Waals surface area contributed by atoms with Crippen molar-refractivity contribution in [3.63, 3.8) is 0 Å². The molecule has 1 atom stereocenters. The summed E-state index contributed by atoms with van der Waals surface area (Å²) in [6, 6.07) is 12.5. The monoisotopic (exact) mass is 527 g/mol. The minimum Gasteiger partial charge on any atom is -0.507 e. The van der Waals surface area contributed by atoms with Crippen molar-refractivity contribution in [3.8, 4) is 5.75 Å². The summed E-state index contributed by atoms with van der Waals surface area (Å²) in [5.74, 6) is -1.80. The zero-order valence-corrected chi connectivity index (χ0v) is 21.6. The Bertz CT molecular complexity index is 1400. The number of aliphatic hydroxyl groups is 1. The highest BCUT2D eigenvalue weighted by molar-refractivity contribution is 6.52. The number of amides is 1. The van der Waals surface area contributed by atoms with Gasteiger partial charge in [-0.15, -0.1) is 0 Å². The zero-order valence-electron chi connectivity index (χ0n) is 20.1. The van der Waals surface area contributed by atoms with Crippen LogP contribution in [0.5, 0.6) is 5.75 Å². The maximum Gasteiger partial charge on any atom is 0.300 e. The first-order chi connectivity index (χ1) is 17.0. The number of Topliss-reactive ketones (excluding diaryl/α,β-unsaturated/α-hetero) is 1. The van der Waals surface area contributed by atoms with Gasteiger partial charge in [0.15, 0.2) is 0 Å². The summed E-state index contributed by atoms with van der Waals surface area (Å²) in [6.45, 7) is 5.76. The molecule has 1 amide bonds. The number of hydrogen-bond acceptors (Lipinski definition) is 4. The van der Waals surface area contributed by atoms with Crippen molar-refractivity contribution < 1.29 is 23.8 Å². The zero-order chi connectivity index (χ0) is 26.3. The number of ketones is 1. The smallest absolute Gasteiger partial charge is 0.300 e. The number of ether oxygens (including phenoxy) is 1. The molecule has 1 saturated heterocycles. The fraction of sp³-hybridized carbons (Fsp3) is 0.214. The van der Waals surface area contributed by atoms with E-state index in [0.717, 1.165) is 5.56 Å². The van der Waals surface area contributed by atoms with Gasteiger partial charge in [0.1, 0.15) is 17.3 Å². The number of halogens is 3. The second kappa shape index (κ2) is 9.96. The van der Waals surface area contributed by atoms with Crippen molar-refractivity contribution in [1.29, 1.82) is 0 Å². The predicted molar refractivity (Wildman–Crippen MR) is 139 cm³/mol. The van der Waals surface area contributed by atoms with Gasteiger partial charge in [-0.2, -0.15) is 0 Å². The molecule has 8 heteroatoms. The molecular weight excluding hydrogens is 504 g/mol. The molecule has 36 heavy (non-hydrogen) atoms. The van der Waals surface area contributed by atoms with Crippen LogP contribution in [0.3, 0.4) is 0 Å². The highest BCUT2D eigenvalue weighted by atomic mass is 35.5. The van der Waals surface area contributed by atoms with Gasteiger partial charge in [-0.25, -0.2) is 4.39 Å². The van der Waals surface area contributed by atoms with Crippen molar-refractivity contribution in [2.45, 2.75) is 32.7 Å². The average molecular weight is 528 g/mol. The highest BCUT2D eigenvalue weighted by Gasteiger charge is 2.47. The number of carbonyl (C=O) groups is 2. The van der Waals surface area contributed by atoms with Crippen LogP contribution in [0.2, 0.25) is 10.0 Å². The van der Waals surface area contributed by atoms with Crippen LogP contribution in [0, 0.1) is 12.7 Å².